The molecule has 2 aromatic carbocycles. The van der Waals surface area contributed by atoms with E-state index in [2.05, 4.69) is 5.32 Å². The third-order valence-electron chi connectivity index (χ3n) is 3.90. The summed E-state index contributed by atoms with van der Waals surface area (Å²) in [7, 11) is 0. The van der Waals surface area contributed by atoms with Gasteiger partial charge in [0, 0.05) is 24.2 Å². The average Bonchev–Trinajstić information content (AvgIpc) is 2.62. The van der Waals surface area contributed by atoms with Crippen LogP contribution in [0.4, 0.5) is 5.69 Å². The number of nitrogens with one attached hydrogen (secondary N) is 1. The molecule has 0 fully saturated rings. The molecule has 1 aromatic heterocycles. The predicted molar refractivity (Wildman–Crippen MR) is 93.5 cm³/mol. The van der Waals surface area contributed by atoms with Crippen LogP contribution in [-0.4, -0.2) is 11.0 Å². The van der Waals surface area contributed by atoms with Gasteiger partial charge in [-0.2, -0.15) is 4.57 Å². The van der Waals surface area contributed by atoms with E-state index in [1.54, 1.807) is 29.8 Å². The van der Waals surface area contributed by atoms with Gasteiger partial charge >= 0.3 is 0 Å². The second kappa shape index (κ2) is 6.96. The summed E-state index contributed by atoms with van der Waals surface area (Å²) in [6, 6.07) is 20.5. The monoisotopic (exact) mass is 319 g/mol. The minimum atomic E-state index is -0.444. The molecule has 24 heavy (non-hydrogen) atoms. The standard InChI is InChI=1S/C20H18N2O2/c1-15(22-13-7-10-17(23)14-22)20(24)21-19-12-6-5-11-18(19)16-8-3-2-4-9-16/h2-15H,1H3,(H-,21,23,24)/p+1/t15-/m0/s1. The Morgan fingerprint density at radius 1 is 1.00 bits per heavy atom. The summed E-state index contributed by atoms with van der Waals surface area (Å²) < 4.78 is 1.68. The van der Waals surface area contributed by atoms with E-state index in [1.165, 1.54) is 6.20 Å². The number of para-hydroxylation sites is 1. The molecule has 0 aliphatic rings. The van der Waals surface area contributed by atoms with E-state index in [9.17, 15) is 9.90 Å². The summed E-state index contributed by atoms with van der Waals surface area (Å²) in [5, 5.41) is 12.6. The third-order valence-corrected chi connectivity index (χ3v) is 3.90. The van der Waals surface area contributed by atoms with Crippen molar-refractivity contribution in [1.29, 1.82) is 0 Å². The largest absolute Gasteiger partial charge is 0.503 e. The van der Waals surface area contributed by atoms with Crippen molar-refractivity contribution in [2.75, 3.05) is 5.32 Å². The molecule has 3 rings (SSSR count). The highest BCUT2D eigenvalue weighted by atomic mass is 16.3. The fraction of sp³-hybridized carbons (Fsp3) is 0.100. The molecule has 120 valence electrons. The molecule has 0 saturated carbocycles. The molecule has 0 radical (unpaired) electrons. The van der Waals surface area contributed by atoms with Crippen LogP contribution in [0, 0.1) is 0 Å². The van der Waals surface area contributed by atoms with Gasteiger partial charge in [0.1, 0.15) is 0 Å². The van der Waals surface area contributed by atoms with E-state index < -0.39 is 6.04 Å². The maximum atomic E-state index is 12.6. The molecule has 0 aliphatic heterocycles. The zero-order chi connectivity index (χ0) is 16.9. The molecule has 1 heterocycles. The fourth-order valence-corrected chi connectivity index (χ4v) is 2.55. The molecule has 3 aromatic rings. The van der Waals surface area contributed by atoms with Crippen LogP contribution in [0.5, 0.6) is 5.75 Å². The zero-order valence-corrected chi connectivity index (χ0v) is 13.4. The Kier molecular flexibility index (Phi) is 4.57. The maximum Gasteiger partial charge on any atom is 0.293 e. The van der Waals surface area contributed by atoms with Crippen molar-refractivity contribution < 1.29 is 14.5 Å². The number of hydrogen-bond acceptors (Lipinski definition) is 2. The summed E-state index contributed by atoms with van der Waals surface area (Å²) >= 11 is 0. The molecule has 0 bridgehead atoms. The zero-order valence-electron chi connectivity index (χ0n) is 13.4. The van der Waals surface area contributed by atoms with Gasteiger partial charge in [-0.15, -0.1) is 0 Å². The first-order valence-electron chi connectivity index (χ1n) is 7.80. The Balaban J connectivity index is 1.85. The van der Waals surface area contributed by atoms with E-state index in [0.717, 1.165) is 16.8 Å². The lowest BCUT2D eigenvalue weighted by Crippen LogP contribution is -2.43. The molecule has 1 amide bonds. The quantitative estimate of drug-likeness (QED) is 0.723. The van der Waals surface area contributed by atoms with Crippen LogP contribution < -0.4 is 9.88 Å². The first-order chi connectivity index (χ1) is 11.6. The fourth-order valence-electron chi connectivity index (χ4n) is 2.55. The van der Waals surface area contributed by atoms with Gasteiger partial charge in [-0.05, 0) is 17.7 Å². The normalized spacial score (nSPS) is 11.7. The smallest absolute Gasteiger partial charge is 0.293 e. The number of rotatable bonds is 4. The van der Waals surface area contributed by atoms with Gasteiger partial charge in [-0.3, -0.25) is 4.79 Å². The molecular formula is C20H19N2O2+. The van der Waals surface area contributed by atoms with E-state index in [4.69, 9.17) is 0 Å². The highest BCUT2D eigenvalue weighted by Crippen LogP contribution is 2.27. The maximum absolute atomic E-state index is 12.6. The van der Waals surface area contributed by atoms with Crippen LogP contribution in [0.3, 0.4) is 0 Å². The lowest BCUT2D eigenvalue weighted by Gasteiger charge is -2.13. The van der Waals surface area contributed by atoms with Crippen LogP contribution >= 0.6 is 0 Å². The highest BCUT2D eigenvalue weighted by Gasteiger charge is 2.23. The number of anilines is 1. The lowest BCUT2D eigenvalue weighted by molar-refractivity contribution is -0.705. The number of benzene rings is 2. The van der Waals surface area contributed by atoms with E-state index in [1.807, 2.05) is 54.6 Å². The molecule has 4 heteroatoms. The topological polar surface area (TPSA) is 53.2 Å². The van der Waals surface area contributed by atoms with E-state index in [-0.39, 0.29) is 11.7 Å². The number of carbonyl (C=O) groups excluding carboxylic acids is 1. The first-order valence-corrected chi connectivity index (χ1v) is 7.80. The molecule has 0 saturated heterocycles. The van der Waals surface area contributed by atoms with Crippen LogP contribution in [0.2, 0.25) is 0 Å². The summed E-state index contributed by atoms with van der Waals surface area (Å²) in [6.45, 7) is 1.79. The minimum absolute atomic E-state index is 0.127. The molecule has 0 aliphatic carbocycles. The van der Waals surface area contributed by atoms with Gasteiger partial charge in [0.05, 0.1) is 0 Å². The Morgan fingerprint density at radius 2 is 1.71 bits per heavy atom. The number of carbonyl (C=O) groups is 1. The second-order valence-electron chi connectivity index (χ2n) is 5.59. The highest BCUT2D eigenvalue weighted by molar-refractivity contribution is 5.96. The van der Waals surface area contributed by atoms with Crippen LogP contribution in [0.15, 0.2) is 79.1 Å². The van der Waals surface area contributed by atoms with Crippen molar-refractivity contribution in [2.45, 2.75) is 13.0 Å². The second-order valence-corrected chi connectivity index (χ2v) is 5.59. The first kappa shape index (κ1) is 15.7. The van der Waals surface area contributed by atoms with Crippen molar-refractivity contribution in [1.82, 2.24) is 0 Å². The summed E-state index contributed by atoms with van der Waals surface area (Å²) in [4.78, 5) is 12.6. The van der Waals surface area contributed by atoms with Crippen LogP contribution in [-0.2, 0) is 4.79 Å². The van der Waals surface area contributed by atoms with Crippen molar-refractivity contribution >= 4 is 11.6 Å². The number of aromatic hydroxyl groups is 1. The lowest BCUT2D eigenvalue weighted by atomic mass is 10.0. The third kappa shape index (κ3) is 3.43. The number of pyridine rings is 1. The van der Waals surface area contributed by atoms with Gasteiger partial charge < -0.3 is 10.4 Å². The summed E-state index contributed by atoms with van der Waals surface area (Å²) in [5.74, 6) is -0.0178. The molecule has 0 spiro atoms. The Hall–Kier alpha value is -3.14. The van der Waals surface area contributed by atoms with Crippen molar-refractivity contribution in [2.24, 2.45) is 0 Å². The Morgan fingerprint density at radius 3 is 2.46 bits per heavy atom. The summed E-state index contributed by atoms with van der Waals surface area (Å²) in [6.07, 6.45) is 3.29. The van der Waals surface area contributed by atoms with E-state index >= 15 is 0 Å². The summed E-state index contributed by atoms with van der Waals surface area (Å²) in [5.41, 5.74) is 2.78. The van der Waals surface area contributed by atoms with Gasteiger partial charge in [-0.25, -0.2) is 0 Å². The number of aromatic nitrogens is 1. The predicted octanol–water partition coefficient (Wildman–Crippen LogP) is 3.55. The van der Waals surface area contributed by atoms with Crippen molar-refractivity contribution in [3.63, 3.8) is 0 Å². The van der Waals surface area contributed by atoms with Crippen molar-refractivity contribution in [3.8, 4) is 16.9 Å². The SMILES string of the molecule is C[C@@H](C(=O)Nc1ccccc1-c1ccccc1)[n+]1cccc(O)c1. The molecular weight excluding hydrogens is 300 g/mol. The molecule has 1 atom stereocenters. The Bertz CT molecular complexity index is 847. The minimum Gasteiger partial charge on any atom is -0.503 e. The van der Waals surface area contributed by atoms with E-state index in [0.29, 0.717) is 0 Å². The molecule has 2 N–H and O–H groups in total. The van der Waals surface area contributed by atoms with Crippen LogP contribution in [0.25, 0.3) is 11.1 Å². The van der Waals surface area contributed by atoms with Gasteiger partial charge in [0.2, 0.25) is 12.2 Å². The number of nitrogens with zero attached hydrogens (tertiary/aromatic N) is 1. The van der Waals surface area contributed by atoms with Crippen LogP contribution in [0.1, 0.15) is 13.0 Å². The molecule has 4 nitrogen and oxygen atoms in total. The Labute approximate surface area is 141 Å². The van der Waals surface area contributed by atoms with Crippen molar-refractivity contribution in [3.05, 3.63) is 79.1 Å². The van der Waals surface area contributed by atoms with Gasteiger partial charge in [-0.1, -0.05) is 48.5 Å². The molecule has 0 unspecified atom stereocenters. The van der Waals surface area contributed by atoms with Gasteiger partial charge in [0.15, 0.2) is 11.9 Å². The average molecular weight is 319 g/mol. The number of amides is 1. The van der Waals surface area contributed by atoms with Gasteiger partial charge in [0.25, 0.3) is 5.91 Å². The number of hydrogen-bond donors (Lipinski definition) is 2.